The molecular formula is C19H26N4O3. The SMILES string of the molecule is COCCOc1ccc(CN[C@H]2CCCN(c3ncc[nH]c3=O)C2)cc1. The molecule has 3 rings (SSSR count). The highest BCUT2D eigenvalue weighted by molar-refractivity contribution is 5.36. The van der Waals surface area contributed by atoms with Gasteiger partial charge in [0.15, 0.2) is 5.82 Å². The lowest BCUT2D eigenvalue weighted by Crippen LogP contribution is -2.47. The van der Waals surface area contributed by atoms with E-state index in [9.17, 15) is 4.79 Å². The molecule has 0 unspecified atom stereocenters. The molecule has 0 bridgehead atoms. The molecule has 1 aliphatic rings. The summed E-state index contributed by atoms with van der Waals surface area (Å²) in [4.78, 5) is 20.9. The molecule has 1 aliphatic heterocycles. The Bertz CT molecular complexity index is 732. The van der Waals surface area contributed by atoms with Gasteiger partial charge < -0.3 is 24.7 Å². The quantitative estimate of drug-likeness (QED) is 0.697. The van der Waals surface area contributed by atoms with Crippen LogP contribution in [0.5, 0.6) is 5.75 Å². The number of hydrogen-bond acceptors (Lipinski definition) is 6. The minimum absolute atomic E-state index is 0.128. The molecule has 0 aliphatic carbocycles. The van der Waals surface area contributed by atoms with Crippen LogP contribution in [0.25, 0.3) is 0 Å². The van der Waals surface area contributed by atoms with E-state index in [2.05, 4.69) is 32.3 Å². The molecule has 26 heavy (non-hydrogen) atoms. The summed E-state index contributed by atoms with van der Waals surface area (Å²) in [7, 11) is 1.66. The third-order valence-electron chi connectivity index (χ3n) is 4.48. The molecule has 2 aromatic rings. The number of benzene rings is 1. The predicted octanol–water partition coefficient (Wildman–Crippen LogP) is 1.55. The molecule has 1 aromatic heterocycles. The highest BCUT2D eigenvalue weighted by Crippen LogP contribution is 2.16. The van der Waals surface area contributed by atoms with Crippen molar-refractivity contribution < 1.29 is 9.47 Å². The van der Waals surface area contributed by atoms with E-state index < -0.39 is 0 Å². The van der Waals surface area contributed by atoms with Gasteiger partial charge in [-0.2, -0.15) is 0 Å². The third kappa shape index (κ3) is 5.06. The van der Waals surface area contributed by atoms with Crippen molar-refractivity contribution in [1.82, 2.24) is 15.3 Å². The number of H-pyrrole nitrogens is 1. The van der Waals surface area contributed by atoms with E-state index in [-0.39, 0.29) is 5.56 Å². The van der Waals surface area contributed by atoms with E-state index in [1.807, 2.05) is 12.1 Å². The predicted molar refractivity (Wildman–Crippen MR) is 101 cm³/mol. The number of piperidine rings is 1. The number of nitrogens with one attached hydrogen (secondary N) is 2. The van der Waals surface area contributed by atoms with E-state index in [1.54, 1.807) is 19.5 Å². The second-order valence-electron chi connectivity index (χ2n) is 6.39. The monoisotopic (exact) mass is 358 g/mol. The summed E-state index contributed by atoms with van der Waals surface area (Å²) in [5, 5.41) is 3.59. The number of hydrogen-bond donors (Lipinski definition) is 2. The number of nitrogens with zero attached hydrogens (tertiary/aromatic N) is 2. The minimum atomic E-state index is -0.128. The molecule has 0 spiro atoms. The van der Waals surface area contributed by atoms with E-state index in [0.717, 1.165) is 38.2 Å². The number of aromatic nitrogens is 2. The van der Waals surface area contributed by atoms with E-state index in [4.69, 9.17) is 9.47 Å². The first-order valence-electron chi connectivity index (χ1n) is 8.99. The Morgan fingerprint density at radius 1 is 1.31 bits per heavy atom. The summed E-state index contributed by atoms with van der Waals surface area (Å²) >= 11 is 0. The second-order valence-corrected chi connectivity index (χ2v) is 6.39. The molecular weight excluding hydrogens is 332 g/mol. The average molecular weight is 358 g/mol. The molecule has 1 aromatic carbocycles. The first-order chi connectivity index (χ1) is 12.8. The van der Waals surface area contributed by atoms with Crippen LogP contribution in [0.4, 0.5) is 5.82 Å². The van der Waals surface area contributed by atoms with Crippen molar-refractivity contribution >= 4 is 5.82 Å². The standard InChI is InChI=1S/C19H26N4O3/c1-25-11-12-26-17-6-4-15(5-7-17)13-22-16-3-2-10-23(14-16)18-19(24)21-9-8-20-18/h4-9,16,22H,2-3,10-14H2,1H3,(H,21,24)/t16-/m0/s1. The minimum Gasteiger partial charge on any atom is -0.491 e. The smallest absolute Gasteiger partial charge is 0.290 e. The number of anilines is 1. The Morgan fingerprint density at radius 2 is 2.15 bits per heavy atom. The molecule has 1 fully saturated rings. The third-order valence-corrected chi connectivity index (χ3v) is 4.48. The lowest BCUT2D eigenvalue weighted by atomic mass is 10.1. The van der Waals surface area contributed by atoms with Gasteiger partial charge in [-0.15, -0.1) is 0 Å². The summed E-state index contributed by atoms with van der Waals surface area (Å²) in [6.07, 6.45) is 5.33. The zero-order chi connectivity index (χ0) is 18.2. The summed E-state index contributed by atoms with van der Waals surface area (Å²) in [5.41, 5.74) is 1.08. The molecule has 1 atom stereocenters. The zero-order valence-corrected chi connectivity index (χ0v) is 15.1. The molecule has 1 saturated heterocycles. The molecule has 140 valence electrons. The average Bonchev–Trinajstić information content (AvgIpc) is 2.68. The topological polar surface area (TPSA) is 79.5 Å². The highest BCUT2D eigenvalue weighted by Gasteiger charge is 2.22. The summed E-state index contributed by atoms with van der Waals surface area (Å²) in [6.45, 7) is 3.58. The van der Waals surface area contributed by atoms with E-state index in [0.29, 0.717) is 25.1 Å². The van der Waals surface area contributed by atoms with Crippen LogP contribution < -0.4 is 20.5 Å². The molecule has 2 heterocycles. The van der Waals surface area contributed by atoms with Crippen molar-refractivity contribution in [3.8, 4) is 5.75 Å². The number of rotatable bonds is 8. The van der Waals surface area contributed by atoms with Crippen LogP contribution in [0.1, 0.15) is 18.4 Å². The number of aromatic amines is 1. The highest BCUT2D eigenvalue weighted by atomic mass is 16.5. The van der Waals surface area contributed by atoms with Crippen molar-refractivity contribution in [1.29, 1.82) is 0 Å². The molecule has 0 radical (unpaired) electrons. The molecule has 7 heteroatoms. The Kier molecular flexibility index (Phi) is 6.62. The number of methoxy groups -OCH3 is 1. The van der Waals surface area contributed by atoms with Gasteiger partial charge in [0.05, 0.1) is 6.61 Å². The summed E-state index contributed by atoms with van der Waals surface area (Å²) in [5.74, 6) is 1.36. The van der Waals surface area contributed by atoms with Crippen LogP contribution in [-0.4, -0.2) is 49.4 Å². The molecule has 7 nitrogen and oxygen atoms in total. The maximum atomic E-state index is 11.9. The lowest BCUT2D eigenvalue weighted by Gasteiger charge is -2.33. The summed E-state index contributed by atoms with van der Waals surface area (Å²) in [6, 6.07) is 8.43. The summed E-state index contributed by atoms with van der Waals surface area (Å²) < 4.78 is 10.6. The first-order valence-corrected chi connectivity index (χ1v) is 8.99. The number of ether oxygens (including phenoxy) is 2. The Hall–Kier alpha value is -2.38. The van der Waals surface area contributed by atoms with Crippen LogP contribution >= 0.6 is 0 Å². The van der Waals surface area contributed by atoms with Gasteiger partial charge in [0.1, 0.15) is 12.4 Å². The van der Waals surface area contributed by atoms with Gasteiger partial charge in [0, 0.05) is 45.2 Å². The van der Waals surface area contributed by atoms with Crippen molar-refractivity contribution in [3.63, 3.8) is 0 Å². The van der Waals surface area contributed by atoms with Gasteiger partial charge in [0.25, 0.3) is 5.56 Å². The van der Waals surface area contributed by atoms with Gasteiger partial charge in [-0.3, -0.25) is 4.79 Å². The normalized spacial score (nSPS) is 17.3. The maximum absolute atomic E-state index is 11.9. The maximum Gasteiger partial charge on any atom is 0.290 e. The van der Waals surface area contributed by atoms with Crippen molar-refractivity contribution in [2.75, 3.05) is 38.3 Å². The van der Waals surface area contributed by atoms with Crippen LogP contribution in [-0.2, 0) is 11.3 Å². The van der Waals surface area contributed by atoms with Crippen LogP contribution in [0.3, 0.4) is 0 Å². The van der Waals surface area contributed by atoms with Gasteiger partial charge in [0.2, 0.25) is 0 Å². The fourth-order valence-electron chi connectivity index (χ4n) is 3.11. The van der Waals surface area contributed by atoms with Crippen molar-refractivity contribution in [2.45, 2.75) is 25.4 Å². The molecule has 0 amide bonds. The van der Waals surface area contributed by atoms with E-state index >= 15 is 0 Å². The fraction of sp³-hybridized carbons (Fsp3) is 0.474. The van der Waals surface area contributed by atoms with Crippen LogP contribution in [0.15, 0.2) is 41.5 Å². The van der Waals surface area contributed by atoms with Crippen LogP contribution in [0, 0.1) is 0 Å². The first kappa shape index (κ1) is 18.4. The Morgan fingerprint density at radius 3 is 2.92 bits per heavy atom. The zero-order valence-electron chi connectivity index (χ0n) is 15.1. The van der Waals surface area contributed by atoms with E-state index in [1.165, 1.54) is 5.56 Å². The Balaban J connectivity index is 1.50. The fourth-order valence-corrected chi connectivity index (χ4v) is 3.11. The van der Waals surface area contributed by atoms with Crippen molar-refractivity contribution in [3.05, 3.63) is 52.6 Å². The van der Waals surface area contributed by atoms with Gasteiger partial charge in [-0.25, -0.2) is 4.98 Å². The van der Waals surface area contributed by atoms with Gasteiger partial charge in [-0.05, 0) is 30.5 Å². The lowest BCUT2D eigenvalue weighted by molar-refractivity contribution is 0.146. The Labute approximate surface area is 153 Å². The largest absolute Gasteiger partial charge is 0.491 e. The second kappa shape index (κ2) is 9.35. The molecule has 2 N–H and O–H groups in total. The molecule has 0 saturated carbocycles. The van der Waals surface area contributed by atoms with Gasteiger partial charge >= 0.3 is 0 Å². The van der Waals surface area contributed by atoms with Crippen molar-refractivity contribution in [2.24, 2.45) is 0 Å². The van der Waals surface area contributed by atoms with Gasteiger partial charge in [-0.1, -0.05) is 12.1 Å². The van der Waals surface area contributed by atoms with Crippen LogP contribution in [0.2, 0.25) is 0 Å².